The molecular formula is C16H19N3O3. The predicted molar refractivity (Wildman–Crippen MR) is 83.0 cm³/mol. The summed E-state index contributed by atoms with van der Waals surface area (Å²) in [5.74, 6) is -1.01. The molecule has 2 aromatic rings. The molecule has 6 nitrogen and oxygen atoms in total. The van der Waals surface area contributed by atoms with Crippen molar-refractivity contribution in [3.8, 4) is 0 Å². The highest BCUT2D eigenvalue weighted by atomic mass is 16.2. The van der Waals surface area contributed by atoms with Gasteiger partial charge in [-0.15, -0.1) is 0 Å². The number of aromatic nitrogens is 1. The first-order valence-corrected chi connectivity index (χ1v) is 7.10. The van der Waals surface area contributed by atoms with Crippen molar-refractivity contribution in [3.05, 3.63) is 36.0 Å². The lowest BCUT2D eigenvalue weighted by molar-refractivity contribution is -0.128. The molecule has 0 aliphatic heterocycles. The van der Waals surface area contributed by atoms with Crippen molar-refractivity contribution in [1.82, 2.24) is 10.3 Å². The van der Waals surface area contributed by atoms with Crippen LogP contribution in [0.3, 0.4) is 0 Å². The first kappa shape index (κ1) is 15.8. The molecule has 0 saturated heterocycles. The van der Waals surface area contributed by atoms with E-state index in [9.17, 15) is 14.4 Å². The number of carbonyl (C=O) groups is 3. The zero-order chi connectivity index (χ0) is 16.1. The van der Waals surface area contributed by atoms with Gasteiger partial charge in [-0.2, -0.15) is 0 Å². The molecule has 0 radical (unpaired) electrons. The van der Waals surface area contributed by atoms with Crippen LogP contribution in [0, 0.1) is 0 Å². The number of primary amides is 1. The number of fused-ring (bicyclic) bond motifs is 1. The van der Waals surface area contributed by atoms with E-state index >= 15 is 0 Å². The monoisotopic (exact) mass is 301 g/mol. The highest BCUT2D eigenvalue weighted by Crippen LogP contribution is 2.19. The summed E-state index contributed by atoms with van der Waals surface area (Å²) < 4.78 is 0. The molecular weight excluding hydrogens is 282 g/mol. The number of para-hydroxylation sites is 1. The third-order valence-electron chi connectivity index (χ3n) is 3.48. The summed E-state index contributed by atoms with van der Waals surface area (Å²) in [7, 11) is 0. The summed E-state index contributed by atoms with van der Waals surface area (Å²) in [5.41, 5.74) is 7.24. The number of Topliss-reactive ketones (excluding diaryl/α,β-unsaturated/α-hetero) is 1. The number of nitrogens with two attached hydrogens (primary N) is 1. The Morgan fingerprint density at radius 2 is 1.95 bits per heavy atom. The van der Waals surface area contributed by atoms with Gasteiger partial charge in [0.25, 0.3) is 0 Å². The first-order valence-electron chi connectivity index (χ1n) is 7.10. The number of aromatic amines is 1. The predicted octanol–water partition coefficient (Wildman–Crippen LogP) is 1.05. The second kappa shape index (κ2) is 6.89. The van der Waals surface area contributed by atoms with E-state index in [1.807, 2.05) is 30.5 Å². The molecule has 116 valence electrons. The summed E-state index contributed by atoms with van der Waals surface area (Å²) in [5, 5.41) is 3.59. The lowest BCUT2D eigenvalue weighted by Gasteiger charge is -2.15. The Bertz CT molecular complexity index is 705. The molecule has 2 rings (SSSR count). The number of rotatable bonds is 7. The SMILES string of the molecule is CC(=O)CCC(=O)N[C@@H](Cc1c[nH]c2ccccc12)C(N)=O. The summed E-state index contributed by atoms with van der Waals surface area (Å²) in [6, 6.07) is 6.90. The Morgan fingerprint density at radius 1 is 1.23 bits per heavy atom. The van der Waals surface area contributed by atoms with Gasteiger partial charge in [-0.1, -0.05) is 18.2 Å². The molecule has 0 fully saturated rings. The Labute approximate surface area is 128 Å². The third kappa shape index (κ3) is 3.94. The Balaban J connectivity index is 2.07. The summed E-state index contributed by atoms with van der Waals surface area (Å²) in [6.45, 7) is 1.42. The van der Waals surface area contributed by atoms with E-state index in [2.05, 4.69) is 10.3 Å². The molecule has 0 saturated carbocycles. The fourth-order valence-corrected chi connectivity index (χ4v) is 2.30. The number of hydrogen-bond donors (Lipinski definition) is 3. The average molecular weight is 301 g/mol. The lowest BCUT2D eigenvalue weighted by Crippen LogP contribution is -2.45. The number of carbonyl (C=O) groups excluding carboxylic acids is 3. The maximum absolute atomic E-state index is 11.8. The van der Waals surface area contributed by atoms with Crippen LogP contribution in [0.25, 0.3) is 10.9 Å². The zero-order valence-electron chi connectivity index (χ0n) is 12.4. The fourth-order valence-electron chi connectivity index (χ4n) is 2.30. The van der Waals surface area contributed by atoms with Crippen LogP contribution in [-0.4, -0.2) is 28.6 Å². The standard InChI is InChI=1S/C16H19N3O3/c1-10(20)6-7-15(21)19-14(16(17)22)8-11-9-18-13-5-3-2-4-12(11)13/h2-5,9,14,18H,6-8H2,1H3,(H2,17,22)(H,19,21)/t14-/m0/s1. The Hall–Kier alpha value is -2.63. The number of ketones is 1. The summed E-state index contributed by atoms with van der Waals surface area (Å²) >= 11 is 0. The zero-order valence-corrected chi connectivity index (χ0v) is 12.4. The van der Waals surface area contributed by atoms with Gasteiger partial charge in [-0.25, -0.2) is 0 Å². The molecule has 1 heterocycles. The second-order valence-electron chi connectivity index (χ2n) is 5.29. The van der Waals surface area contributed by atoms with Crippen molar-refractivity contribution in [3.63, 3.8) is 0 Å². The van der Waals surface area contributed by atoms with Crippen LogP contribution in [-0.2, 0) is 20.8 Å². The van der Waals surface area contributed by atoms with Gasteiger partial charge in [-0.05, 0) is 18.6 Å². The van der Waals surface area contributed by atoms with Gasteiger partial charge in [-0.3, -0.25) is 9.59 Å². The highest BCUT2D eigenvalue weighted by molar-refractivity contribution is 5.90. The number of benzene rings is 1. The van der Waals surface area contributed by atoms with Gasteiger partial charge in [0.2, 0.25) is 11.8 Å². The fraction of sp³-hybridized carbons (Fsp3) is 0.312. The van der Waals surface area contributed by atoms with E-state index in [0.717, 1.165) is 16.5 Å². The Kier molecular flexibility index (Phi) is 4.93. The number of nitrogens with one attached hydrogen (secondary N) is 2. The van der Waals surface area contributed by atoms with Crippen molar-refractivity contribution < 1.29 is 14.4 Å². The van der Waals surface area contributed by atoms with Crippen LogP contribution in [0.2, 0.25) is 0 Å². The molecule has 2 amide bonds. The van der Waals surface area contributed by atoms with E-state index in [4.69, 9.17) is 5.73 Å². The van der Waals surface area contributed by atoms with Gasteiger partial charge in [0, 0.05) is 36.4 Å². The van der Waals surface area contributed by atoms with Crippen LogP contribution < -0.4 is 11.1 Å². The Morgan fingerprint density at radius 3 is 2.64 bits per heavy atom. The molecule has 1 atom stereocenters. The minimum Gasteiger partial charge on any atom is -0.368 e. The number of amides is 2. The van der Waals surface area contributed by atoms with E-state index in [0.29, 0.717) is 6.42 Å². The van der Waals surface area contributed by atoms with Gasteiger partial charge < -0.3 is 20.8 Å². The third-order valence-corrected chi connectivity index (χ3v) is 3.48. The molecule has 0 aliphatic carbocycles. The molecule has 22 heavy (non-hydrogen) atoms. The largest absolute Gasteiger partial charge is 0.368 e. The molecule has 0 spiro atoms. The van der Waals surface area contributed by atoms with Crippen molar-refractivity contribution in [2.75, 3.05) is 0 Å². The van der Waals surface area contributed by atoms with Crippen LogP contribution in [0.15, 0.2) is 30.5 Å². The van der Waals surface area contributed by atoms with Gasteiger partial charge in [0.1, 0.15) is 11.8 Å². The molecule has 1 aromatic carbocycles. The lowest BCUT2D eigenvalue weighted by atomic mass is 10.0. The molecule has 0 aliphatic rings. The molecule has 0 bridgehead atoms. The van der Waals surface area contributed by atoms with Gasteiger partial charge >= 0.3 is 0 Å². The minimum atomic E-state index is -0.793. The molecule has 0 unspecified atom stereocenters. The number of hydrogen-bond acceptors (Lipinski definition) is 3. The smallest absolute Gasteiger partial charge is 0.240 e. The summed E-state index contributed by atoms with van der Waals surface area (Å²) in [4.78, 5) is 37.4. The topological polar surface area (TPSA) is 105 Å². The van der Waals surface area contributed by atoms with Crippen molar-refractivity contribution in [2.45, 2.75) is 32.2 Å². The minimum absolute atomic E-state index is 0.0625. The van der Waals surface area contributed by atoms with Crippen molar-refractivity contribution >= 4 is 28.5 Å². The normalized spacial score (nSPS) is 12.0. The highest BCUT2D eigenvalue weighted by Gasteiger charge is 2.20. The van der Waals surface area contributed by atoms with Crippen molar-refractivity contribution in [1.29, 1.82) is 0 Å². The second-order valence-corrected chi connectivity index (χ2v) is 5.29. The van der Waals surface area contributed by atoms with Gasteiger partial charge in [0.15, 0.2) is 0 Å². The number of H-pyrrole nitrogens is 1. The van der Waals surface area contributed by atoms with Crippen LogP contribution in [0.5, 0.6) is 0 Å². The van der Waals surface area contributed by atoms with Gasteiger partial charge in [0.05, 0.1) is 0 Å². The average Bonchev–Trinajstić information content (AvgIpc) is 2.87. The first-order chi connectivity index (χ1) is 10.5. The van der Waals surface area contributed by atoms with Crippen molar-refractivity contribution in [2.24, 2.45) is 5.73 Å². The van der Waals surface area contributed by atoms with Crippen LogP contribution in [0.4, 0.5) is 0 Å². The van der Waals surface area contributed by atoms with E-state index in [1.165, 1.54) is 6.92 Å². The van der Waals surface area contributed by atoms with Crippen LogP contribution in [0.1, 0.15) is 25.3 Å². The van der Waals surface area contributed by atoms with E-state index in [1.54, 1.807) is 0 Å². The quantitative estimate of drug-likeness (QED) is 0.711. The van der Waals surface area contributed by atoms with E-state index in [-0.39, 0.29) is 24.5 Å². The van der Waals surface area contributed by atoms with Crippen LogP contribution >= 0.6 is 0 Å². The maximum Gasteiger partial charge on any atom is 0.240 e. The maximum atomic E-state index is 11.8. The molecule has 6 heteroatoms. The summed E-state index contributed by atoms with van der Waals surface area (Å²) in [6.07, 6.45) is 2.34. The molecule has 4 N–H and O–H groups in total. The molecule has 1 aromatic heterocycles. The van der Waals surface area contributed by atoms with E-state index < -0.39 is 11.9 Å².